The average molecular weight is 210 g/mol. The third kappa shape index (κ3) is 1.55. The fourth-order valence-electron chi connectivity index (χ4n) is 1.30. The van der Waals surface area contributed by atoms with Gasteiger partial charge in [-0.2, -0.15) is 0 Å². The summed E-state index contributed by atoms with van der Waals surface area (Å²) >= 11 is 0. The Morgan fingerprint density at radius 1 is 1.87 bits per heavy atom. The van der Waals surface area contributed by atoms with E-state index in [0.29, 0.717) is 0 Å². The Kier molecular flexibility index (Phi) is 2.14. The predicted molar refractivity (Wildman–Crippen MR) is 48.1 cm³/mol. The van der Waals surface area contributed by atoms with E-state index in [1.807, 2.05) is 0 Å². The number of fused-ring (bicyclic) bond motifs is 1. The summed E-state index contributed by atoms with van der Waals surface area (Å²) in [7, 11) is 0. The molecule has 0 spiro atoms. The van der Waals surface area contributed by atoms with Crippen LogP contribution in [-0.2, 0) is 4.74 Å². The Bertz CT molecular complexity index is 398. The Morgan fingerprint density at radius 2 is 2.67 bits per heavy atom. The molecule has 2 aliphatic heterocycles. The minimum absolute atomic E-state index is 0.122. The van der Waals surface area contributed by atoms with Gasteiger partial charge in [-0.05, 0) is 5.53 Å². The fraction of sp³-hybridized carbons (Fsp3) is 0.500. The van der Waals surface area contributed by atoms with Crippen molar-refractivity contribution in [3.63, 3.8) is 0 Å². The number of hydrogen-bond acceptors (Lipinski definition) is 6. The Morgan fingerprint density at radius 3 is 3.33 bits per heavy atom. The molecular formula is C6H6N6O3. The first-order valence-electron chi connectivity index (χ1n) is 4.08. The highest BCUT2D eigenvalue weighted by Gasteiger charge is 2.35. The molecule has 2 atom stereocenters. The SMILES string of the molecule is [N-]=[N+]=N[C@H]1CN=C2OC([N+](=O)[O-])C=CN21. The Labute approximate surface area is 83.4 Å². The molecule has 15 heavy (non-hydrogen) atoms. The number of amidine groups is 1. The lowest BCUT2D eigenvalue weighted by molar-refractivity contribution is -0.552. The smallest absolute Gasteiger partial charge is 0.377 e. The number of azide groups is 1. The molecule has 0 aromatic rings. The van der Waals surface area contributed by atoms with E-state index in [4.69, 9.17) is 10.3 Å². The molecule has 2 rings (SSSR count). The average Bonchev–Trinajstić information content (AvgIpc) is 2.61. The number of rotatable bonds is 2. The van der Waals surface area contributed by atoms with Crippen LogP contribution in [0.3, 0.4) is 0 Å². The van der Waals surface area contributed by atoms with Gasteiger partial charge in [-0.15, -0.1) is 0 Å². The van der Waals surface area contributed by atoms with Crippen LogP contribution < -0.4 is 0 Å². The van der Waals surface area contributed by atoms with Crippen LogP contribution in [-0.4, -0.2) is 34.8 Å². The molecule has 0 aliphatic carbocycles. The summed E-state index contributed by atoms with van der Waals surface area (Å²) < 4.78 is 4.96. The zero-order valence-electron chi connectivity index (χ0n) is 7.42. The molecule has 0 aromatic carbocycles. The maximum atomic E-state index is 10.4. The van der Waals surface area contributed by atoms with Crippen LogP contribution in [0.25, 0.3) is 10.4 Å². The molecular weight excluding hydrogens is 204 g/mol. The van der Waals surface area contributed by atoms with Crippen molar-refractivity contribution in [3.8, 4) is 0 Å². The van der Waals surface area contributed by atoms with Gasteiger partial charge < -0.3 is 4.74 Å². The Hall–Kier alpha value is -2.28. The molecule has 0 saturated heterocycles. The number of nitro groups is 1. The van der Waals surface area contributed by atoms with Gasteiger partial charge >= 0.3 is 6.23 Å². The topological polar surface area (TPSA) is 117 Å². The van der Waals surface area contributed by atoms with Gasteiger partial charge in [-0.3, -0.25) is 15.0 Å². The minimum Gasteiger partial charge on any atom is -0.394 e. The van der Waals surface area contributed by atoms with E-state index >= 15 is 0 Å². The van der Waals surface area contributed by atoms with Gasteiger partial charge in [0.25, 0.3) is 6.02 Å². The maximum absolute atomic E-state index is 10.4. The molecule has 9 nitrogen and oxygen atoms in total. The van der Waals surface area contributed by atoms with E-state index in [-0.39, 0.29) is 12.6 Å². The van der Waals surface area contributed by atoms with Crippen molar-refractivity contribution in [1.82, 2.24) is 4.90 Å². The lowest BCUT2D eigenvalue weighted by atomic mass is 10.4. The molecule has 0 aromatic heterocycles. The third-order valence-electron chi connectivity index (χ3n) is 1.96. The third-order valence-corrected chi connectivity index (χ3v) is 1.96. The first-order valence-corrected chi connectivity index (χ1v) is 4.08. The van der Waals surface area contributed by atoms with E-state index in [1.54, 1.807) is 0 Å². The van der Waals surface area contributed by atoms with E-state index < -0.39 is 17.3 Å². The minimum atomic E-state index is -1.22. The van der Waals surface area contributed by atoms with Crippen molar-refractivity contribution in [2.24, 2.45) is 10.1 Å². The summed E-state index contributed by atoms with van der Waals surface area (Å²) in [6, 6.07) is 0.122. The molecule has 0 fully saturated rings. The number of aliphatic imine (C=N–C) groups is 1. The normalized spacial score (nSPS) is 27.5. The van der Waals surface area contributed by atoms with E-state index in [0.717, 1.165) is 0 Å². The van der Waals surface area contributed by atoms with Gasteiger partial charge in [-0.1, -0.05) is 5.11 Å². The summed E-state index contributed by atoms with van der Waals surface area (Å²) in [5, 5.41) is 13.9. The van der Waals surface area contributed by atoms with Crippen LogP contribution in [0.5, 0.6) is 0 Å². The zero-order chi connectivity index (χ0) is 10.8. The molecule has 1 unspecified atom stereocenters. The molecule has 0 bridgehead atoms. The van der Waals surface area contributed by atoms with Crippen LogP contribution in [0, 0.1) is 10.1 Å². The second-order valence-electron chi connectivity index (χ2n) is 2.85. The molecule has 0 N–H and O–H groups in total. The Balaban J connectivity index is 2.18. The second-order valence-corrected chi connectivity index (χ2v) is 2.85. The van der Waals surface area contributed by atoms with Crippen LogP contribution in [0.4, 0.5) is 0 Å². The van der Waals surface area contributed by atoms with Gasteiger partial charge in [0.2, 0.25) is 0 Å². The summed E-state index contributed by atoms with van der Waals surface area (Å²) in [5.74, 6) is 0. The van der Waals surface area contributed by atoms with Gasteiger partial charge in [0.05, 0.1) is 11.5 Å². The van der Waals surface area contributed by atoms with Crippen molar-refractivity contribution >= 4 is 6.02 Å². The molecule has 9 heteroatoms. The zero-order valence-corrected chi connectivity index (χ0v) is 7.42. The molecule has 2 aliphatic rings. The number of ether oxygens (including phenoxy) is 1. The van der Waals surface area contributed by atoms with E-state index in [9.17, 15) is 10.1 Å². The lowest BCUT2D eigenvalue weighted by Crippen LogP contribution is -2.39. The monoisotopic (exact) mass is 210 g/mol. The van der Waals surface area contributed by atoms with Gasteiger partial charge in [-0.25, -0.2) is 4.99 Å². The number of hydrogen-bond donors (Lipinski definition) is 0. The van der Waals surface area contributed by atoms with Crippen molar-refractivity contribution in [3.05, 3.63) is 32.8 Å². The summed E-state index contributed by atoms with van der Waals surface area (Å²) in [5.41, 5.74) is 8.26. The lowest BCUT2D eigenvalue weighted by Gasteiger charge is -2.24. The molecule has 2 heterocycles. The number of nitrogens with zero attached hydrogens (tertiary/aromatic N) is 6. The first-order chi connectivity index (χ1) is 7.22. The maximum Gasteiger partial charge on any atom is 0.377 e. The summed E-state index contributed by atoms with van der Waals surface area (Å²) in [6.07, 6.45) is 1.01. The van der Waals surface area contributed by atoms with Crippen molar-refractivity contribution in [2.75, 3.05) is 6.54 Å². The molecule has 0 amide bonds. The highest BCUT2D eigenvalue weighted by Crippen LogP contribution is 2.19. The van der Waals surface area contributed by atoms with Crippen LogP contribution in [0.15, 0.2) is 22.4 Å². The second kappa shape index (κ2) is 3.46. The van der Waals surface area contributed by atoms with Crippen LogP contribution in [0.2, 0.25) is 0 Å². The van der Waals surface area contributed by atoms with E-state index in [2.05, 4.69) is 15.0 Å². The van der Waals surface area contributed by atoms with Crippen molar-refractivity contribution < 1.29 is 9.66 Å². The predicted octanol–water partition coefficient (Wildman–Crippen LogP) is 0.441. The largest absolute Gasteiger partial charge is 0.394 e. The van der Waals surface area contributed by atoms with Gasteiger partial charge in [0.15, 0.2) is 0 Å². The highest BCUT2D eigenvalue weighted by molar-refractivity contribution is 5.78. The van der Waals surface area contributed by atoms with E-state index in [1.165, 1.54) is 17.2 Å². The van der Waals surface area contributed by atoms with Crippen LogP contribution >= 0.6 is 0 Å². The van der Waals surface area contributed by atoms with Gasteiger partial charge in [0.1, 0.15) is 6.17 Å². The van der Waals surface area contributed by atoms with Crippen molar-refractivity contribution in [1.29, 1.82) is 0 Å². The summed E-state index contributed by atoms with van der Waals surface area (Å²) in [6.45, 7) is 0.244. The standard InChI is InChI=1S/C6H6N6O3/c7-10-9-4-3-8-6-11(4)2-1-5(15-6)12(13)14/h1-2,4-5H,3H2/t4-,5?/m1/s1. The summed E-state index contributed by atoms with van der Waals surface area (Å²) in [4.78, 5) is 17.8. The molecule has 0 saturated carbocycles. The van der Waals surface area contributed by atoms with Crippen molar-refractivity contribution in [2.45, 2.75) is 12.4 Å². The van der Waals surface area contributed by atoms with Gasteiger partial charge in [0, 0.05) is 17.2 Å². The quantitative estimate of drug-likeness (QED) is 0.216. The molecule has 0 radical (unpaired) electrons. The molecule has 78 valence electrons. The van der Waals surface area contributed by atoms with Crippen LogP contribution in [0.1, 0.15) is 0 Å². The first kappa shape index (κ1) is 9.28. The fourth-order valence-corrected chi connectivity index (χ4v) is 1.30. The highest BCUT2D eigenvalue weighted by atomic mass is 16.7.